The highest BCUT2D eigenvalue weighted by atomic mass is 35.5. The van der Waals surface area contributed by atoms with Gasteiger partial charge in [0, 0.05) is 28.9 Å². The number of rotatable bonds is 2. The highest BCUT2D eigenvalue weighted by Crippen LogP contribution is 2.33. The van der Waals surface area contributed by atoms with Gasteiger partial charge in [-0.1, -0.05) is 24.6 Å². The summed E-state index contributed by atoms with van der Waals surface area (Å²) in [5, 5.41) is 4.24. The highest BCUT2D eigenvalue weighted by Gasteiger charge is 2.33. The topological polar surface area (TPSA) is 29.9 Å². The van der Waals surface area contributed by atoms with Gasteiger partial charge in [-0.25, -0.2) is 4.98 Å². The van der Waals surface area contributed by atoms with Crippen LogP contribution in [0.1, 0.15) is 24.6 Å². The molecule has 100 valence electrons. The zero-order valence-electron chi connectivity index (χ0n) is 11.3. The first-order valence-corrected chi connectivity index (χ1v) is 6.99. The molecule has 1 aromatic carbocycles. The van der Waals surface area contributed by atoms with Crippen LogP contribution in [0.5, 0.6) is 0 Å². The molecular weight excluding hydrogens is 258 g/mol. The minimum atomic E-state index is 0.144. The third-order valence-corrected chi connectivity index (χ3v) is 4.53. The fourth-order valence-electron chi connectivity index (χ4n) is 2.83. The normalized spacial score (nSPS) is 22.9. The molecule has 4 heteroatoms. The van der Waals surface area contributed by atoms with E-state index in [9.17, 15) is 0 Å². The molecule has 1 atom stereocenters. The minimum Gasteiger partial charge on any atom is -0.316 e. The first-order valence-electron chi connectivity index (χ1n) is 6.61. The zero-order chi connectivity index (χ0) is 13.5. The van der Waals surface area contributed by atoms with Gasteiger partial charge in [-0.15, -0.1) is 0 Å². The van der Waals surface area contributed by atoms with Gasteiger partial charge in [0.05, 0.1) is 12.0 Å². The lowest BCUT2D eigenvalue weighted by molar-refractivity contribution is 0.498. The van der Waals surface area contributed by atoms with E-state index in [0.717, 1.165) is 35.8 Å². The Hall–Kier alpha value is -1.32. The molecule has 0 aliphatic carbocycles. The maximum atomic E-state index is 6.23. The van der Waals surface area contributed by atoms with Crippen molar-refractivity contribution in [1.82, 2.24) is 14.9 Å². The Labute approximate surface area is 118 Å². The molecule has 19 heavy (non-hydrogen) atoms. The molecule has 0 radical (unpaired) electrons. The Morgan fingerprint density at radius 3 is 3.00 bits per heavy atom. The number of benzene rings is 1. The molecule has 3 nitrogen and oxygen atoms in total. The number of hydrogen-bond donors (Lipinski definition) is 1. The first-order chi connectivity index (χ1) is 9.12. The van der Waals surface area contributed by atoms with Crippen LogP contribution in [0.3, 0.4) is 0 Å². The molecule has 1 aliphatic heterocycles. The van der Waals surface area contributed by atoms with Crippen LogP contribution < -0.4 is 5.32 Å². The summed E-state index contributed by atoms with van der Waals surface area (Å²) in [4.78, 5) is 4.35. The summed E-state index contributed by atoms with van der Waals surface area (Å²) in [6.45, 7) is 6.41. The first kappa shape index (κ1) is 12.7. The summed E-state index contributed by atoms with van der Waals surface area (Å²) in [7, 11) is 0. The van der Waals surface area contributed by atoms with Gasteiger partial charge < -0.3 is 9.88 Å². The van der Waals surface area contributed by atoms with E-state index in [1.54, 1.807) is 0 Å². The molecule has 2 aromatic rings. The van der Waals surface area contributed by atoms with Crippen molar-refractivity contribution in [2.75, 3.05) is 13.1 Å². The molecule has 1 aromatic heterocycles. The predicted molar refractivity (Wildman–Crippen MR) is 78.1 cm³/mol. The monoisotopic (exact) mass is 275 g/mol. The van der Waals surface area contributed by atoms with Crippen molar-refractivity contribution in [3.63, 3.8) is 0 Å². The van der Waals surface area contributed by atoms with E-state index in [1.807, 2.05) is 24.7 Å². The second kappa shape index (κ2) is 4.66. The summed E-state index contributed by atoms with van der Waals surface area (Å²) in [6.07, 6.45) is 5.00. The lowest BCUT2D eigenvalue weighted by atomic mass is 9.86. The predicted octanol–water partition coefficient (Wildman–Crippen LogP) is 3.09. The lowest BCUT2D eigenvalue weighted by Crippen LogP contribution is -2.27. The van der Waals surface area contributed by atoms with Crippen LogP contribution in [-0.4, -0.2) is 22.6 Å². The fourth-order valence-corrected chi connectivity index (χ4v) is 3.00. The average molecular weight is 276 g/mol. The molecule has 1 aliphatic rings. The van der Waals surface area contributed by atoms with Gasteiger partial charge in [0.25, 0.3) is 0 Å². The summed E-state index contributed by atoms with van der Waals surface area (Å²) >= 11 is 6.23. The van der Waals surface area contributed by atoms with Gasteiger partial charge in [-0.3, -0.25) is 0 Å². The van der Waals surface area contributed by atoms with Crippen molar-refractivity contribution in [1.29, 1.82) is 0 Å². The van der Waals surface area contributed by atoms with Gasteiger partial charge in [0.2, 0.25) is 0 Å². The average Bonchev–Trinajstić information content (AvgIpc) is 3.02. The fraction of sp³-hybridized carbons (Fsp3) is 0.400. The Morgan fingerprint density at radius 2 is 2.26 bits per heavy atom. The van der Waals surface area contributed by atoms with Crippen LogP contribution in [0, 0.1) is 6.92 Å². The van der Waals surface area contributed by atoms with E-state index in [-0.39, 0.29) is 5.41 Å². The van der Waals surface area contributed by atoms with E-state index in [4.69, 9.17) is 11.6 Å². The quantitative estimate of drug-likeness (QED) is 0.913. The molecule has 1 saturated heterocycles. The number of nitrogens with zero attached hydrogens (tertiary/aromatic N) is 2. The number of imidazole rings is 1. The highest BCUT2D eigenvalue weighted by molar-refractivity contribution is 6.31. The molecular formula is C15H18ClN3. The largest absolute Gasteiger partial charge is 0.316 e. The smallest absolute Gasteiger partial charge is 0.0994 e. The summed E-state index contributed by atoms with van der Waals surface area (Å²) in [5.74, 6) is 0. The SMILES string of the molecule is Cc1c(Cl)cccc1-n1cncc1C1(C)CCNC1. The zero-order valence-corrected chi connectivity index (χ0v) is 12.0. The van der Waals surface area contributed by atoms with Crippen LogP contribution in [0.15, 0.2) is 30.7 Å². The van der Waals surface area contributed by atoms with Gasteiger partial charge in [0.15, 0.2) is 0 Å². The van der Waals surface area contributed by atoms with Crippen molar-refractivity contribution in [3.8, 4) is 5.69 Å². The maximum absolute atomic E-state index is 6.23. The van der Waals surface area contributed by atoms with Crippen molar-refractivity contribution in [3.05, 3.63) is 47.0 Å². The molecule has 0 spiro atoms. The van der Waals surface area contributed by atoms with E-state index in [2.05, 4.69) is 34.8 Å². The van der Waals surface area contributed by atoms with Crippen molar-refractivity contribution in [2.24, 2.45) is 0 Å². The Bertz CT molecular complexity index is 597. The van der Waals surface area contributed by atoms with E-state index >= 15 is 0 Å². The second-order valence-electron chi connectivity index (χ2n) is 5.52. The molecule has 0 saturated carbocycles. The number of halogens is 1. The molecule has 0 amide bonds. The van der Waals surface area contributed by atoms with Gasteiger partial charge in [-0.05, 0) is 37.6 Å². The Balaban J connectivity index is 2.12. The van der Waals surface area contributed by atoms with Gasteiger partial charge in [0.1, 0.15) is 0 Å². The second-order valence-corrected chi connectivity index (χ2v) is 5.93. The molecule has 3 rings (SSSR count). The number of hydrogen-bond acceptors (Lipinski definition) is 2. The van der Waals surface area contributed by atoms with Crippen molar-refractivity contribution >= 4 is 11.6 Å². The van der Waals surface area contributed by atoms with Crippen molar-refractivity contribution < 1.29 is 0 Å². The molecule has 1 N–H and O–H groups in total. The Kier molecular flexibility index (Phi) is 3.11. The van der Waals surface area contributed by atoms with Crippen LogP contribution >= 0.6 is 11.6 Å². The summed E-state index contributed by atoms with van der Waals surface area (Å²) < 4.78 is 2.17. The minimum absolute atomic E-state index is 0.144. The van der Waals surface area contributed by atoms with Crippen LogP contribution in [-0.2, 0) is 5.41 Å². The van der Waals surface area contributed by atoms with E-state index in [0.29, 0.717) is 0 Å². The van der Waals surface area contributed by atoms with E-state index in [1.165, 1.54) is 5.69 Å². The Morgan fingerprint density at radius 1 is 1.42 bits per heavy atom. The van der Waals surface area contributed by atoms with E-state index < -0.39 is 0 Å². The number of aromatic nitrogens is 2. The summed E-state index contributed by atoms with van der Waals surface area (Å²) in [5.41, 5.74) is 3.61. The molecule has 1 unspecified atom stereocenters. The summed E-state index contributed by atoms with van der Waals surface area (Å²) in [6, 6.07) is 6.01. The molecule has 1 fully saturated rings. The van der Waals surface area contributed by atoms with Crippen LogP contribution in [0.4, 0.5) is 0 Å². The third-order valence-electron chi connectivity index (χ3n) is 4.12. The van der Waals surface area contributed by atoms with Crippen LogP contribution in [0.25, 0.3) is 5.69 Å². The standard InChI is InChI=1S/C15H18ClN3/c1-11-12(16)4-3-5-13(11)19-10-18-8-14(19)15(2)6-7-17-9-15/h3-5,8,10,17H,6-7,9H2,1-2H3. The van der Waals surface area contributed by atoms with Gasteiger partial charge in [-0.2, -0.15) is 0 Å². The number of nitrogens with one attached hydrogen (secondary N) is 1. The molecule has 2 heterocycles. The van der Waals surface area contributed by atoms with Crippen molar-refractivity contribution in [2.45, 2.75) is 25.7 Å². The lowest BCUT2D eigenvalue weighted by Gasteiger charge is -2.25. The maximum Gasteiger partial charge on any atom is 0.0994 e. The molecule has 0 bridgehead atoms. The third kappa shape index (κ3) is 2.07. The van der Waals surface area contributed by atoms with Gasteiger partial charge >= 0.3 is 0 Å². The van der Waals surface area contributed by atoms with Crippen LogP contribution in [0.2, 0.25) is 5.02 Å².